The van der Waals surface area contributed by atoms with Gasteiger partial charge in [0.15, 0.2) is 0 Å². The molecule has 33 heavy (non-hydrogen) atoms. The second kappa shape index (κ2) is 8.11. The fourth-order valence-corrected chi connectivity index (χ4v) is 3.96. The summed E-state index contributed by atoms with van der Waals surface area (Å²) in [5.74, 6) is -3.51. The second-order valence-electron chi connectivity index (χ2n) is 7.76. The number of aromatic nitrogens is 1. The van der Waals surface area contributed by atoms with Gasteiger partial charge in [-0.15, -0.1) is 0 Å². The molecule has 3 amide bonds. The van der Waals surface area contributed by atoms with Gasteiger partial charge in [0, 0.05) is 17.6 Å². The van der Waals surface area contributed by atoms with Gasteiger partial charge in [-0.05, 0) is 36.6 Å². The van der Waals surface area contributed by atoms with Gasteiger partial charge in [0.1, 0.15) is 11.2 Å². The minimum absolute atomic E-state index is 0.0403. The molecule has 0 atom stereocenters. The van der Waals surface area contributed by atoms with Crippen LogP contribution < -0.4 is 16.4 Å². The summed E-state index contributed by atoms with van der Waals surface area (Å²) in [6, 6.07) is 14.0. The number of benzene rings is 2. The molecule has 0 saturated heterocycles. The van der Waals surface area contributed by atoms with Gasteiger partial charge in [0.05, 0.1) is 10.5 Å². The number of carbonyl (C=O) groups excluding carboxylic acids is 3. The highest BCUT2D eigenvalue weighted by Crippen LogP contribution is 2.37. The highest BCUT2D eigenvalue weighted by Gasteiger charge is 2.54. The third-order valence-corrected chi connectivity index (χ3v) is 5.87. The van der Waals surface area contributed by atoms with Crippen molar-refractivity contribution in [2.24, 2.45) is 5.73 Å². The zero-order chi connectivity index (χ0) is 24.0. The maximum atomic E-state index is 12.5. The summed E-state index contributed by atoms with van der Waals surface area (Å²) in [6.07, 6.45) is -4.78. The molecule has 0 radical (unpaired) electrons. The first kappa shape index (κ1) is 22.7. The summed E-state index contributed by atoms with van der Waals surface area (Å²) in [5.41, 5.74) is 6.11. The molecule has 4 N–H and O–H groups in total. The van der Waals surface area contributed by atoms with Crippen molar-refractivity contribution in [2.75, 3.05) is 0 Å². The Morgan fingerprint density at radius 3 is 2.27 bits per heavy atom. The zero-order valence-electron chi connectivity index (χ0n) is 17.0. The van der Waals surface area contributed by atoms with Crippen LogP contribution in [-0.4, -0.2) is 34.0 Å². The van der Waals surface area contributed by atoms with E-state index in [0.717, 1.165) is 0 Å². The lowest BCUT2D eigenvalue weighted by atomic mass is 10.1. The van der Waals surface area contributed by atoms with E-state index in [-0.39, 0.29) is 30.1 Å². The van der Waals surface area contributed by atoms with E-state index in [1.807, 2.05) is 0 Å². The van der Waals surface area contributed by atoms with Gasteiger partial charge >= 0.3 is 12.1 Å². The Bertz CT molecular complexity index is 1260. The molecule has 1 aliphatic carbocycles. The van der Waals surface area contributed by atoms with Crippen molar-refractivity contribution in [1.29, 1.82) is 0 Å². The highest BCUT2D eigenvalue weighted by atomic mass is 35.5. The van der Waals surface area contributed by atoms with Crippen molar-refractivity contribution >= 4 is 40.2 Å². The van der Waals surface area contributed by atoms with E-state index in [1.54, 1.807) is 58.4 Å². The number of nitrogens with one attached hydrogen (secondary N) is 2. The standard InChI is InChI=1S/C22H18ClF3N4O3/c23-16-14-3-1-2-4-15(14)30(17(16)18(27)31)13-7-5-12(6-8-13)11-28-19(32)21(9-10-21)29-20(33)22(24,25)26/h1-8H,9-11H2,(H2,27,31)(H,28,32)(H,29,33). The van der Waals surface area contributed by atoms with Crippen LogP contribution in [0.2, 0.25) is 5.02 Å². The van der Waals surface area contributed by atoms with Crippen LogP contribution in [0.15, 0.2) is 48.5 Å². The van der Waals surface area contributed by atoms with E-state index < -0.39 is 29.4 Å². The monoisotopic (exact) mass is 478 g/mol. The summed E-state index contributed by atoms with van der Waals surface area (Å²) < 4.78 is 39.1. The molecule has 1 aromatic heterocycles. The molecule has 11 heteroatoms. The molecule has 1 saturated carbocycles. The number of hydrogen-bond donors (Lipinski definition) is 3. The number of hydrogen-bond acceptors (Lipinski definition) is 3. The average molecular weight is 479 g/mol. The van der Waals surface area contributed by atoms with Crippen LogP contribution in [0.4, 0.5) is 13.2 Å². The topological polar surface area (TPSA) is 106 Å². The van der Waals surface area contributed by atoms with Crippen molar-refractivity contribution < 1.29 is 27.6 Å². The van der Waals surface area contributed by atoms with Crippen molar-refractivity contribution in [3.05, 3.63) is 64.8 Å². The van der Waals surface area contributed by atoms with Crippen LogP contribution in [0.25, 0.3) is 16.6 Å². The third-order valence-electron chi connectivity index (χ3n) is 5.49. The van der Waals surface area contributed by atoms with Gasteiger partial charge in [-0.2, -0.15) is 13.2 Å². The molecule has 1 heterocycles. The summed E-state index contributed by atoms with van der Waals surface area (Å²) in [5, 5.41) is 5.24. The van der Waals surface area contributed by atoms with E-state index in [9.17, 15) is 27.6 Å². The van der Waals surface area contributed by atoms with Crippen LogP contribution in [-0.2, 0) is 16.1 Å². The van der Waals surface area contributed by atoms with Crippen LogP contribution >= 0.6 is 11.6 Å². The van der Waals surface area contributed by atoms with E-state index in [0.29, 0.717) is 22.2 Å². The summed E-state index contributed by atoms with van der Waals surface area (Å²) in [4.78, 5) is 35.6. The van der Waals surface area contributed by atoms with Crippen LogP contribution in [0.3, 0.4) is 0 Å². The number of para-hydroxylation sites is 1. The summed E-state index contributed by atoms with van der Waals surface area (Å²) in [6.45, 7) is 0.0403. The number of primary amides is 1. The van der Waals surface area contributed by atoms with E-state index >= 15 is 0 Å². The van der Waals surface area contributed by atoms with Gasteiger partial charge in [0.25, 0.3) is 5.91 Å². The van der Waals surface area contributed by atoms with E-state index in [2.05, 4.69) is 5.32 Å². The minimum atomic E-state index is -5.05. The average Bonchev–Trinajstić information content (AvgIpc) is 3.49. The maximum Gasteiger partial charge on any atom is 0.471 e. The van der Waals surface area contributed by atoms with Gasteiger partial charge in [-0.25, -0.2) is 0 Å². The Balaban J connectivity index is 1.50. The first-order chi connectivity index (χ1) is 15.5. The zero-order valence-corrected chi connectivity index (χ0v) is 17.8. The Morgan fingerprint density at radius 1 is 1.06 bits per heavy atom. The van der Waals surface area contributed by atoms with Crippen LogP contribution in [0.5, 0.6) is 0 Å². The van der Waals surface area contributed by atoms with Gasteiger partial charge in [-0.1, -0.05) is 41.9 Å². The number of nitrogens with zero attached hydrogens (tertiary/aromatic N) is 1. The quantitative estimate of drug-likeness (QED) is 0.506. The number of rotatable bonds is 6. The Labute approximate surface area is 190 Å². The number of alkyl halides is 3. The number of nitrogens with two attached hydrogens (primary N) is 1. The lowest BCUT2D eigenvalue weighted by Crippen LogP contribution is -2.52. The molecule has 172 valence electrons. The predicted octanol–water partition coefficient (Wildman–Crippen LogP) is 3.21. The first-order valence-electron chi connectivity index (χ1n) is 9.89. The molecule has 0 spiro atoms. The molecular formula is C22H18ClF3N4O3. The number of carbonyl (C=O) groups is 3. The SMILES string of the molecule is NC(=O)c1c(Cl)c2ccccc2n1-c1ccc(CNC(=O)C2(NC(=O)C(F)(F)F)CC2)cc1. The van der Waals surface area contributed by atoms with E-state index in [4.69, 9.17) is 17.3 Å². The second-order valence-corrected chi connectivity index (χ2v) is 8.14. The summed E-state index contributed by atoms with van der Waals surface area (Å²) >= 11 is 6.37. The molecule has 3 aromatic rings. The molecule has 7 nitrogen and oxygen atoms in total. The number of halogens is 4. The van der Waals surface area contributed by atoms with Crippen LogP contribution in [0, 0.1) is 0 Å². The highest BCUT2D eigenvalue weighted by molar-refractivity contribution is 6.39. The molecule has 2 aromatic carbocycles. The third kappa shape index (κ3) is 4.25. The normalized spacial score (nSPS) is 14.7. The van der Waals surface area contributed by atoms with Crippen LogP contribution in [0.1, 0.15) is 28.9 Å². The van der Waals surface area contributed by atoms with E-state index in [1.165, 1.54) is 0 Å². The minimum Gasteiger partial charge on any atom is -0.364 e. The molecule has 0 bridgehead atoms. The first-order valence-corrected chi connectivity index (χ1v) is 10.3. The molecule has 1 aliphatic rings. The fraction of sp³-hybridized carbons (Fsp3) is 0.227. The van der Waals surface area contributed by atoms with Crippen molar-refractivity contribution in [3.8, 4) is 5.69 Å². The molecule has 1 fully saturated rings. The van der Waals surface area contributed by atoms with Gasteiger partial charge in [0.2, 0.25) is 5.91 Å². The smallest absolute Gasteiger partial charge is 0.364 e. The van der Waals surface area contributed by atoms with Gasteiger partial charge < -0.3 is 20.9 Å². The lowest BCUT2D eigenvalue weighted by molar-refractivity contribution is -0.175. The summed E-state index contributed by atoms with van der Waals surface area (Å²) in [7, 11) is 0. The Kier molecular flexibility index (Phi) is 5.57. The number of amides is 3. The lowest BCUT2D eigenvalue weighted by Gasteiger charge is -2.18. The maximum absolute atomic E-state index is 12.5. The Hall–Kier alpha value is -3.53. The fourth-order valence-electron chi connectivity index (χ4n) is 3.62. The predicted molar refractivity (Wildman–Crippen MR) is 115 cm³/mol. The molecule has 4 rings (SSSR count). The largest absolute Gasteiger partial charge is 0.471 e. The molecule has 0 aliphatic heterocycles. The Morgan fingerprint density at radius 2 is 1.70 bits per heavy atom. The molecular weight excluding hydrogens is 461 g/mol. The van der Waals surface area contributed by atoms with Crippen molar-refractivity contribution in [3.63, 3.8) is 0 Å². The number of fused-ring (bicyclic) bond motifs is 1. The van der Waals surface area contributed by atoms with Crippen molar-refractivity contribution in [1.82, 2.24) is 15.2 Å². The van der Waals surface area contributed by atoms with Crippen molar-refractivity contribution in [2.45, 2.75) is 31.1 Å². The van der Waals surface area contributed by atoms with Gasteiger partial charge in [-0.3, -0.25) is 14.4 Å². The molecule has 0 unspecified atom stereocenters.